The Morgan fingerprint density at radius 2 is 1.47 bits per heavy atom. The van der Waals surface area contributed by atoms with Crippen LogP contribution in [0.4, 0.5) is 0 Å². The summed E-state index contributed by atoms with van der Waals surface area (Å²) in [7, 11) is 0. The topological polar surface area (TPSA) is 74.6 Å². The van der Waals surface area contributed by atoms with Gasteiger partial charge < -0.3 is 10.2 Å². The smallest absolute Gasteiger partial charge is 0.310 e. The fraction of sp³-hybridized carbons (Fsp3) is 0.818. The van der Waals surface area contributed by atoms with Crippen LogP contribution in [0.2, 0.25) is 0 Å². The van der Waals surface area contributed by atoms with Gasteiger partial charge in [-0.3, -0.25) is 9.59 Å². The number of hydrogen-bond donors (Lipinski definition) is 2. The predicted molar refractivity (Wildman–Crippen MR) is 56.7 cm³/mol. The first kappa shape index (κ1) is 13.9. The summed E-state index contributed by atoms with van der Waals surface area (Å²) in [6.07, 6.45) is 0.972. The van der Waals surface area contributed by atoms with Gasteiger partial charge in [-0.15, -0.1) is 0 Å². The molecule has 0 radical (unpaired) electrons. The zero-order valence-corrected chi connectivity index (χ0v) is 9.83. The van der Waals surface area contributed by atoms with Crippen LogP contribution < -0.4 is 0 Å². The number of aliphatic carboxylic acids is 2. The van der Waals surface area contributed by atoms with E-state index in [4.69, 9.17) is 5.11 Å². The van der Waals surface area contributed by atoms with Gasteiger partial charge in [0.05, 0.1) is 11.8 Å². The van der Waals surface area contributed by atoms with Crippen molar-refractivity contribution in [1.29, 1.82) is 0 Å². The quantitative estimate of drug-likeness (QED) is 0.714. The highest BCUT2D eigenvalue weighted by Crippen LogP contribution is 2.47. The van der Waals surface area contributed by atoms with Gasteiger partial charge in [0.25, 0.3) is 0 Å². The Morgan fingerprint density at radius 1 is 1.07 bits per heavy atom. The molecule has 0 aliphatic carbocycles. The van der Waals surface area contributed by atoms with Gasteiger partial charge in [0.2, 0.25) is 0 Å². The fourth-order valence-electron chi connectivity index (χ4n) is 1.88. The molecular formula is C11H20O4. The van der Waals surface area contributed by atoms with E-state index in [0.29, 0.717) is 12.8 Å². The van der Waals surface area contributed by atoms with Crippen molar-refractivity contribution in [3.05, 3.63) is 0 Å². The normalized spacial score (nSPS) is 15.7. The minimum absolute atomic E-state index is 0.333. The number of rotatable bonds is 6. The maximum Gasteiger partial charge on any atom is 0.310 e. The minimum atomic E-state index is -1.21. The van der Waals surface area contributed by atoms with E-state index in [1.54, 1.807) is 0 Å². The molecule has 88 valence electrons. The van der Waals surface area contributed by atoms with Crippen LogP contribution in [0, 0.1) is 10.8 Å². The highest BCUT2D eigenvalue weighted by Gasteiger charge is 2.49. The van der Waals surface area contributed by atoms with Crippen molar-refractivity contribution in [2.24, 2.45) is 10.8 Å². The lowest BCUT2D eigenvalue weighted by Crippen LogP contribution is -2.45. The zero-order chi connectivity index (χ0) is 12.3. The Labute approximate surface area is 90.3 Å². The van der Waals surface area contributed by atoms with Gasteiger partial charge in [-0.25, -0.2) is 0 Å². The standard InChI is InChI=1S/C11H20O4/c1-5-10(3,6-2)11(4,9(14)15)7-8(12)13/h5-7H2,1-4H3,(H,12,13)(H,14,15). The lowest BCUT2D eigenvalue weighted by Gasteiger charge is -2.41. The highest BCUT2D eigenvalue weighted by molar-refractivity contribution is 5.82. The molecule has 4 heteroatoms. The third-order valence-corrected chi connectivity index (χ3v) is 3.87. The van der Waals surface area contributed by atoms with Crippen molar-refractivity contribution in [2.75, 3.05) is 0 Å². The van der Waals surface area contributed by atoms with Gasteiger partial charge in [-0.1, -0.05) is 20.8 Å². The Hall–Kier alpha value is -1.06. The molecule has 0 rings (SSSR count). The minimum Gasteiger partial charge on any atom is -0.481 e. The maximum atomic E-state index is 11.3. The average Bonchev–Trinajstić information content (AvgIpc) is 2.14. The van der Waals surface area contributed by atoms with Crippen LogP contribution in [0.5, 0.6) is 0 Å². The van der Waals surface area contributed by atoms with Crippen LogP contribution in [-0.2, 0) is 9.59 Å². The molecule has 0 amide bonds. The van der Waals surface area contributed by atoms with Crippen molar-refractivity contribution in [3.8, 4) is 0 Å². The SMILES string of the molecule is CCC(C)(CC)C(C)(CC(=O)O)C(=O)O. The largest absolute Gasteiger partial charge is 0.481 e. The van der Waals surface area contributed by atoms with Gasteiger partial charge in [-0.2, -0.15) is 0 Å². The molecule has 0 fully saturated rings. The second-order valence-corrected chi connectivity index (χ2v) is 4.48. The average molecular weight is 216 g/mol. The Balaban J connectivity index is 5.26. The molecule has 4 nitrogen and oxygen atoms in total. The molecule has 15 heavy (non-hydrogen) atoms. The summed E-state index contributed by atoms with van der Waals surface area (Å²) in [5.74, 6) is -2.09. The zero-order valence-electron chi connectivity index (χ0n) is 9.83. The first-order valence-electron chi connectivity index (χ1n) is 5.18. The molecule has 0 aliphatic heterocycles. The first-order valence-corrected chi connectivity index (χ1v) is 5.18. The molecule has 0 aliphatic rings. The Kier molecular flexibility index (Phi) is 4.31. The molecule has 0 saturated carbocycles. The van der Waals surface area contributed by atoms with E-state index in [1.165, 1.54) is 6.92 Å². The Morgan fingerprint density at radius 3 is 1.67 bits per heavy atom. The van der Waals surface area contributed by atoms with Gasteiger partial charge in [0.15, 0.2) is 0 Å². The predicted octanol–water partition coefficient (Wildman–Crippen LogP) is 2.38. The lowest BCUT2D eigenvalue weighted by molar-refractivity contribution is -0.164. The second-order valence-electron chi connectivity index (χ2n) is 4.48. The lowest BCUT2D eigenvalue weighted by atomic mass is 9.61. The maximum absolute atomic E-state index is 11.3. The van der Waals surface area contributed by atoms with Crippen LogP contribution in [-0.4, -0.2) is 22.2 Å². The van der Waals surface area contributed by atoms with Crippen molar-refractivity contribution in [1.82, 2.24) is 0 Å². The number of hydrogen-bond acceptors (Lipinski definition) is 2. The van der Waals surface area contributed by atoms with Crippen LogP contribution in [0.25, 0.3) is 0 Å². The fourth-order valence-corrected chi connectivity index (χ4v) is 1.88. The van der Waals surface area contributed by atoms with Crippen molar-refractivity contribution >= 4 is 11.9 Å². The summed E-state index contributed by atoms with van der Waals surface area (Å²) in [6.45, 7) is 7.15. The molecule has 0 heterocycles. The van der Waals surface area contributed by atoms with Crippen molar-refractivity contribution < 1.29 is 19.8 Å². The molecule has 0 saturated heterocycles. The molecule has 0 bridgehead atoms. The van der Waals surface area contributed by atoms with E-state index in [2.05, 4.69) is 0 Å². The summed E-state index contributed by atoms with van der Waals surface area (Å²) in [5.41, 5.74) is -1.69. The third kappa shape index (κ3) is 2.49. The number of carboxylic acid groups (broad SMARTS) is 2. The van der Waals surface area contributed by atoms with E-state index in [9.17, 15) is 14.7 Å². The first-order chi connectivity index (χ1) is 6.73. The molecular weight excluding hydrogens is 196 g/mol. The molecule has 0 spiro atoms. The van der Waals surface area contributed by atoms with E-state index < -0.39 is 22.8 Å². The summed E-state index contributed by atoms with van der Waals surface area (Å²) < 4.78 is 0. The van der Waals surface area contributed by atoms with Crippen LogP contribution in [0.3, 0.4) is 0 Å². The van der Waals surface area contributed by atoms with Gasteiger partial charge in [0, 0.05) is 0 Å². The van der Waals surface area contributed by atoms with E-state index in [1.807, 2.05) is 20.8 Å². The summed E-state index contributed by atoms with van der Waals surface area (Å²) in [6, 6.07) is 0. The molecule has 2 N–H and O–H groups in total. The summed E-state index contributed by atoms with van der Waals surface area (Å²) in [4.78, 5) is 22.0. The molecule has 1 unspecified atom stereocenters. The van der Waals surface area contributed by atoms with E-state index in [-0.39, 0.29) is 6.42 Å². The van der Waals surface area contributed by atoms with Crippen LogP contribution in [0.15, 0.2) is 0 Å². The number of carboxylic acids is 2. The monoisotopic (exact) mass is 216 g/mol. The van der Waals surface area contributed by atoms with Gasteiger partial charge >= 0.3 is 11.9 Å². The highest BCUT2D eigenvalue weighted by atomic mass is 16.4. The van der Waals surface area contributed by atoms with Gasteiger partial charge in [-0.05, 0) is 25.2 Å². The van der Waals surface area contributed by atoms with Gasteiger partial charge in [0.1, 0.15) is 0 Å². The summed E-state index contributed by atoms with van der Waals surface area (Å²) >= 11 is 0. The van der Waals surface area contributed by atoms with Crippen LogP contribution in [0.1, 0.15) is 47.0 Å². The third-order valence-electron chi connectivity index (χ3n) is 3.87. The van der Waals surface area contributed by atoms with E-state index in [0.717, 1.165) is 0 Å². The Bertz CT molecular complexity index is 255. The van der Waals surface area contributed by atoms with Crippen molar-refractivity contribution in [3.63, 3.8) is 0 Å². The van der Waals surface area contributed by atoms with E-state index >= 15 is 0 Å². The van der Waals surface area contributed by atoms with Crippen LogP contribution >= 0.6 is 0 Å². The second kappa shape index (κ2) is 4.64. The molecule has 0 aromatic carbocycles. The molecule has 0 aromatic heterocycles. The molecule has 0 aromatic rings. The summed E-state index contributed by atoms with van der Waals surface area (Å²) in [5, 5.41) is 18.0. The van der Waals surface area contributed by atoms with Crippen molar-refractivity contribution in [2.45, 2.75) is 47.0 Å². The molecule has 1 atom stereocenters. The number of carbonyl (C=O) groups is 2.